The molecule has 0 spiro atoms. The second-order valence-corrected chi connectivity index (χ2v) is 1.85. The average molecular weight is 119 g/mol. The van der Waals surface area contributed by atoms with Gasteiger partial charge in [-0.25, -0.2) is 0 Å². The molecule has 3 heteroatoms. The van der Waals surface area contributed by atoms with Crippen molar-refractivity contribution in [1.82, 2.24) is 5.32 Å². The molecular formula is C5H13NO2. The lowest BCUT2D eigenvalue weighted by atomic mass is 10.3. The van der Waals surface area contributed by atoms with Crippen LogP contribution >= 0.6 is 0 Å². The second-order valence-electron chi connectivity index (χ2n) is 1.85. The van der Waals surface area contributed by atoms with Gasteiger partial charge in [-0.3, -0.25) is 0 Å². The molecule has 1 aliphatic heterocycles. The lowest BCUT2D eigenvalue weighted by Gasteiger charge is -2.01. The van der Waals surface area contributed by atoms with Crippen LogP contribution in [0.4, 0.5) is 0 Å². The minimum atomic E-state index is 0. The Morgan fingerprint density at radius 1 is 1.62 bits per heavy atom. The first-order valence-corrected chi connectivity index (χ1v) is 2.67. The molecule has 1 saturated heterocycles. The summed E-state index contributed by atoms with van der Waals surface area (Å²) < 4.78 is 5.05. The molecule has 0 saturated carbocycles. The van der Waals surface area contributed by atoms with Crippen molar-refractivity contribution in [3.63, 3.8) is 0 Å². The van der Waals surface area contributed by atoms with Crippen LogP contribution in [-0.4, -0.2) is 31.8 Å². The molecule has 1 fully saturated rings. The Labute approximate surface area is 49.3 Å². The van der Waals surface area contributed by atoms with Crippen LogP contribution in [0, 0.1) is 0 Å². The Morgan fingerprint density at radius 2 is 2.38 bits per heavy atom. The molecule has 50 valence electrons. The smallest absolute Gasteiger partial charge is 0.0707 e. The molecule has 1 atom stereocenters. The molecule has 0 aromatic carbocycles. The van der Waals surface area contributed by atoms with E-state index in [0.717, 1.165) is 13.1 Å². The molecule has 0 amide bonds. The van der Waals surface area contributed by atoms with Crippen LogP contribution in [0.25, 0.3) is 0 Å². The zero-order valence-electron chi connectivity index (χ0n) is 5.11. The highest BCUT2D eigenvalue weighted by Crippen LogP contribution is 1.99. The maximum atomic E-state index is 5.05. The van der Waals surface area contributed by atoms with Crippen LogP contribution in [0.15, 0.2) is 0 Å². The summed E-state index contributed by atoms with van der Waals surface area (Å²) in [7, 11) is 1.76. The standard InChI is InChI=1S/C5H11NO.H2O/c1-7-5-2-3-6-4-5;/h5-6H,2-4H2,1H3;1H2/t5-;/m1./s1. The van der Waals surface area contributed by atoms with Crippen molar-refractivity contribution in [2.75, 3.05) is 20.2 Å². The monoisotopic (exact) mass is 119 g/mol. The number of methoxy groups -OCH3 is 1. The van der Waals surface area contributed by atoms with Crippen molar-refractivity contribution in [2.45, 2.75) is 12.5 Å². The summed E-state index contributed by atoms with van der Waals surface area (Å²) in [6.45, 7) is 2.16. The van der Waals surface area contributed by atoms with Crippen LogP contribution in [0.1, 0.15) is 6.42 Å². The molecule has 0 aliphatic carbocycles. The first kappa shape index (κ1) is 7.88. The van der Waals surface area contributed by atoms with Gasteiger partial charge in [0.05, 0.1) is 6.10 Å². The van der Waals surface area contributed by atoms with Gasteiger partial charge >= 0.3 is 0 Å². The van der Waals surface area contributed by atoms with E-state index in [9.17, 15) is 0 Å². The molecule has 0 radical (unpaired) electrons. The molecule has 1 aliphatic rings. The minimum absolute atomic E-state index is 0. The first-order valence-electron chi connectivity index (χ1n) is 2.67. The fourth-order valence-corrected chi connectivity index (χ4v) is 0.829. The van der Waals surface area contributed by atoms with Crippen molar-refractivity contribution in [3.05, 3.63) is 0 Å². The van der Waals surface area contributed by atoms with Crippen molar-refractivity contribution in [2.24, 2.45) is 0 Å². The zero-order chi connectivity index (χ0) is 5.11. The Morgan fingerprint density at radius 3 is 2.62 bits per heavy atom. The highest BCUT2D eigenvalue weighted by molar-refractivity contribution is 4.69. The van der Waals surface area contributed by atoms with Crippen molar-refractivity contribution in [1.29, 1.82) is 0 Å². The molecule has 0 unspecified atom stereocenters. The van der Waals surface area contributed by atoms with E-state index >= 15 is 0 Å². The quantitative estimate of drug-likeness (QED) is 0.490. The predicted octanol–water partition coefficient (Wildman–Crippen LogP) is -0.830. The highest BCUT2D eigenvalue weighted by atomic mass is 16.5. The van der Waals surface area contributed by atoms with Crippen LogP contribution < -0.4 is 5.32 Å². The SMILES string of the molecule is CO[C@@H]1CCNC1.O. The van der Waals surface area contributed by atoms with E-state index in [-0.39, 0.29) is 5.48 Å². The van der Waals surface area contributed by atoms with Gasteiger partial charge in [0, 0.05) is 13.7 Å². The van der Waals surface area contributed by atoms with Gasteiger partial charge in [0.2, 0.25) is 0 Å². The third kappa shape index (κ3) is 1.78. The Bertz CT molecular complexity index is 52.4. The number of nitrogens with one attached hydrogen (secondary N) is 1. The summed E-state index contributed by atoms with van der Waals surface area (Å²) in [5.41, 5.74) is 0. The van der Waals surface area contributed by atoms with E-state index < -0.39 is 0 Å². The van der Waals surface area contributed by atoms with E-state index in [0.29, 0.717) is 6.10 Å². The minimum Gasteiger partial charge on any atom is -0.412 e. The van der Waals surface area contributed by atoms with Gasteiger partial charge in [0.25, 0.3) is 0 Å². The van der Waals surface area contributed by atoms with Gasteiger partial charge in [-0.15, -0.1) is 0 Å². The summed E-state index contributed by atoms with van der Waals surface area (Å²) in [5.74, 6) is 0. The maximum Gasteiger partial charge on any atom is 0.0707 e. The third-order valence-electron chi connectivity index (χ3n) is 1.35. The third-order valence-corrected chi connectivity index (χ3v) is 1.35. The van der Waals surface area contributed by atoms with Gasteiger partial charge in [-0.2, -0.15) is 0 Å². The van der Waals surface area contributed by atoms with E-state index in [2.05, 4.69) is 5.32 Å². The topological polar surface area (TPSA) is 52.8 Å². The summed E-state index contributed by atoms with van der Waals surface area (Å²) in [4.78, 5) is 0. The molecule has 1 rings (SSSR count). The van der Waals surface area contributed by atoms with E-state index in [1.54, 1.807) is 7.11 Å². The largest absolute Gasteiger partial charge is 0.412 e. The molecule has 0 aromatic heterocycles. The summed E-state index contributed by atoms with van der Waals surface area (Å²) in [6, 6.07) is 0. The predicted molar refractivity (Wildman–Crippen MR) is 31.9 cm³/mol. The molecular weight excluding hydrogens is 106 g/mol. The summed E-state index contributed by atoms with van der Waals surface area (Å²) in [5, 5.41) is 3.20. The van der Waals surface area contributed by atoms with Crippen molar-refractivity contribution in [3.8, 4) is 0 Å². The lowest BCUT2D eigenvalue weighted by molar-refractivity contribution is 0.119. The van der Waals surface area contributed by atoms with Gasteiger partial charge in [-0.05, 0) is 13.0 Å². The molecule has 3 N–H and O–H groups in total. The Hall–Kier alpha value is -0.120. The van der Waals surface area contributed by atoms with Crippen LogP contribution in [0.5, 0.6) is 0 Å². The fourth-order valence-electron chi connectivity index (χ4n) is 0.829. The lowest BCUT2D eigenvalue weighted by Crippen LogP contribution is -2.14. The van der Waals surface area contributed by atoms with Crippen LogP contribution in [0.3, 0.4) is 0 Å². The maximum absolute atomic E-state index is 5.05. The van der Waals surface area contributed by atoms with Crippen LogP contribution in [-0.2, 0) is 4.74 Å². The van der Waals surface area contributed by atoms with E-state index in [1.807, 2.05) is 0 Å². The second kappa shape index (κ2) is 3.83. The number of hydrogen-bond acceptors (Lipinski definition) is 2. The molecule has 8 heavy (non-hydrogen) atoms. The van der Waals surface area contributed by atoms with Gasteiger partial charge in [0.15, 0.2) is 0 Å². The average Bonchev–Trinajstić information content (AvgIpc) is 2.14. The molecule has 1 heterocycles. The van der Waals surface area contributed by atoms with Crippen molar-refractivity contribution < 1.29 is 10.2 Å². The normalized spacial score (nSPS) is 27.4. The van der Waals surface area contributed by atoms with Gasteiger partial charge < -0.3 is 15.5 Å². The zero-order valence-corrected chi connectivity index (χ0v) is 5.11. The molecule has 0 aromatic rings. The molecule has 0 bridgehead atoms. The van der Waals surface area contributed by atoms with Gasteiger partial charge in [-0.1, -0.05) is 0 Å². The van der Waals surface area contributed by atoms with E-state index in [4.69, 9.17) is 4.74 Å². The number of rotatable bonds is 1. The Balaban J connectivity index is 0.000000490. The van der Waals surface area contributed by atoms with Gasteiger partial charge in [0.1, 0.15) is 0 Å². The molecule has 3 nitrogen and oxygen atoms in total. The number of ether oxygens (including phenoxy) is 1. The number of hydrogen-bond donors (Lipinski definition) is 1. The van der Waals surface area contributed by atoms with Crippen molar-refractivity contribution >= 4 is 0 Å². The fraction of sp³-hybridized carbons (Fsp3) is 1.00. The highest BCUT2D eigenvalue weighted by Gasteiger charge is 2.11. The summed E-state index contributed by atoms with van der Waals surface area (Å²) in [6.07, 6.45) is 1.66. The Kier molecular flexibility index (Phi) is 3.77. The first-order chi connectivity index (χ1) is 3.43. The van der Waals surface area contributed by atoms with E-state index in [1.165, 1.54) is 6.42 Å². The van der Waals surface area contributed by atoms with Crippen LogP contribution in [0.2, 0.25) is 0 Å². The summed E-state index contributed by atoms with van der Waals surface area (Å²) >= 11 is 0.